The van der Waals surface area contributed by atoms with E-state index in [1.165, 1.54) is 19.3 Å². The van der Waals surface area contributed by atoms with Gasteiger partial charge in [0, 0.05) is 25.1 Å². The molecule has 1 rings (SSSR count). The smallest absolute Gasteiger partial charge is 0.135 e. The van der Waals surface area contributed by atoms with Gasteiger partial charge in [0.05, 0.1) is 0 Å². The Labute approximate surface area is 117 Å². The third-order valence-corrected chi connectivity index (χ3v) is 2.90. The molecule has 0 aliphatic rings. The quantitative estimate of drug-likeness (QED) is 0.661. The second-order valence-corrected chi connectivity index (χ2v) is 5.21. The number of anilines is 2. The van der Waals surface area contributed by atoms with Crippen LogP contribution in [0.5, 0.6) is 0 Å². The molecule has 1 aromatic heterocycles. The van der Waals surface area contributed by atoms with Gasteiger partial charge >= 0.3 is 0 Å². The van der Waals surface area contributed by atoms with E-state index in [9.17, 15) is 0 Å². The highest BCUT2D eigenvalue weighted by Gasteiger charge is 2.07. The number of aromatic nitrogens is 2. The SMILES string of the molecule is CCCCCNc1cc(NCCC)nc(C(C)C)n1. The third kappa shape index (κ3) is 5.90. The largest absolute Gasteiger partial charge is 0.370 e. The van der Waals surface area contributed by atoms with Gasteiger partial charge < -0.3 is 10.6 Å². The molecule has 2 N–H and O–H groups in total. The highest BCUT2D eigenvalue weighted by Crippen LogP contribution is 2.17. The van der Waals surface area contributed by atoms with Crippen LogP contribution < -0.4 is 10.6 Å². The normalized spacial score (nSPS) is 10.8. The predicted molar refractivity (Wildman–Crippen MR) is 82.9 cm³/mol. The fraction of sp³-hybridized carbons (Fsp3) is 0.733. The van der Waals surface area contributed by atoms with Gasteiger partial charge in [-0.1, -0.05) is 40.5 Å². The maximum Gasteiger partial charge on any atom is 0.135 e. The van der Waals surface area contributed by atoms with Crippen LogP contribution in [0, 0.1) is 0 Å². The van der Waals surface area contributed by atoms with Gasteiger partial charge in [0.25, 0.3) is 0 Å². The molecule has 0 saturated carbocycles. The van der Waals surface area contributed by atoms with E-state index in [0.717, 1.165) is 37.0 Å². The Morgan fingerprint density at radius 2 is 1.58 bits per heavy atom. The van der Waals surface area contributed by atoms with Gasteiger partial charge in [-0.15, -0.1) is 0 Å². The van der Waals surface area contributed by atoms with Crippen LogP contribution in [-0.2, 0) is 0 Å². The molecule has 0 aliphatic carbocycles. The van der Waals surface area contributed by atoms with E-state index >= 15 is 0 Å². The van der Waals surface area contributed by atoms with Crippen molar-refractivity contribution in [3.05, 3.63) is 11.9 Å². The summed E-state index contributed by atoms with van der Waals surface area (Å²) < 4.78 is 0. The average molecular weight is 264 g/mol. The molecular weight excluding hydrogens is 236 g/mol. The van der Waals surface area contributed by atoms with Gasteiger partial charge in [-0.2, -0.15) is 0 Å². The molecule has 1 aromatic rings. The number of rotatable bonds is 9. The monoisotopic (exact) mass is 264 g/mol. The van der Waals surface area contributed by atoms with E-state index in [-0.39, 0.29) is 0 Å². The van der Waals surface area contributed by atoms with Crippen LogP contribution in [0.25, 0.3) is 0 Å². The number of hydrogen-bond acceptors (Lipinski definition) is 4. The summed E-state index contributed by atoms with van der Waals surface area (Å²) in [7, 11) is 0. The van der Waals surface area contributed by atoms with Crippen LogP contribution in [0.2, 0.25) is 0 Å². The lowest BCUT2D eigenvalue weighted by Gasteiger charge is -2.12. The van der Waals surface area contributed by atoms with Crippen molar-refractivity contribution in [3.8, 4) is 0 Å². The highest BCUT2D eigenvalue weighted by molar-refractivity contribution is 5.47. The van der Waals surface area contributed by atoms with Gasteiger partial charge in [0.1, 0.15) is 17.5 Å². The Bertz CT molecular complexity index is 363. The van der Waals surface area contributed by atoms with E-state index in [0.29, 0.717) is 5.92 Å². The standard InChI is InChI=1S/C15H28N4/c1-5-7-8-10-17-14-11-13(16-9-6-2)18-15(19-14)12(3)4/h11-12H,5-10H2,1-4H3,(H2,16,17,18,19). The first-order chi connectivity index (χ1) is 9.17. The van der Waals surface area contributed by atoms with Gasteiger partial charge in [0.15, 0.2) is 0 Å². The fourth-order valence-corrected chi connectivity index (χ4v) is 1.75. The van der Waals surface area contributed by atoms with Crippen molar-refractivity contribution in [2.45, 2.75) is 59.3 Å². The van der Waals surface area contributed by atoms with Crippen LogP contribution in [0.3, 0.4) is 0 Å². The van der Waals surface area contributed by atoms with Crippen LogP contribution in [0.1, 0.15) is 65.1 Å². The van der Waals surface area contributed by atoms with Crippen LogP contribution in [0.15, 0.2) is 6.07 Å². The fourth-order valence-electron chi connectivity index (χ4n) is 1.75. The topological polar surface area (TPSA) is 49.8 Å². The highest BCUT2D eigenvalue weighted by atomic mass is 15.1. The summed E-state index contributed by atoms with van der Waals surface area (Å²) in [6, 6.07) is 2.01. The van der Waals surface area contributed by atoms with Crippen molar-refractivity contribution >= 4 is 11.6 Å². The molecule has 0 atom stereocenters. The van der Waals surface area contributed by atoms with Crippen molar-refractivity contribution in [3.63, 3.8) is 0 Å². The first kappa shape index (κ1) is 15.7. The van der Waals surface area contributed by atoms with E-state index in [1.807, 2.05) is 6.07 Å². The number of nitrogens with zero attached hydrogens (tertiary/aromatic N) is 2. The van der Waals surface area contributed by atoms with Crippen LogP contribution in [0.4, 0.5) is 11.6 Å². The minimum absolute atomic E-state index is 0.347. The lowest BCUT2D eigenvalue weighted by molar-refractivity contribution is 0.737. The maximum absolute atomic E-state index is 4.58. The average Bonchev–Trinajstić information content (AvgIpc) is 2.41. The summed E-state index contributed by atoms with van der Waals surface area (Å²) in [5.41, 5.74) is 0. The van der Waals surface area contributed by atoms with Crippen molar-refractivity contribution in [1.29, 1.82) is 0 Å². The van der Waals surface area contributed by atoms with Crippen LogP contribution >= 0.6 is 0 Å². The molecule has 0 amide bonds. The number of hydrogen-bond donors (Lipinski definition) is 2. The number of nitrogens with one attached hydrogen (secondary N) is 2. The molecule has 0 saturated heterocycles. The van der Waals surface area contributed by atoms with Gasteiger partial charge in [0.2, 0.25) is 0 Å². The summed E-state index contributed by atoms with van der Waals surface area (Å²) in [6.45, 7) is 10.6. The minimum Gasteiger partial charge on any atom is -0.370 e. The van der Waals surface area contributed by atoms with E-state index in [2.05, 4.69) is 48.3 Å². The van der Waals surface area contributed by atoms with Gasteiger partial charge in [-0.05, 0) is 12.8 Å². The molecule has 4 heteroatoms. The zero-order valence-electron chi connectivity index (χ0n) is 12.8. The molecule has 0 radical (unpaired) electrons. The Kier molecular flexibility index (Phi) is 7.23. The molecule has 4 nitrogen and oxygen atoms in total. The summed E-state index contributed by atoms with van der Waals surface area (Å²) in [5, 5.41) is 6.74. The lowest BCUT2D eigenvalue weighted by Crippen LogP contribution is -2.10. The molecular formula is C15H28N4. The molecule has 0 aromatic carbocycles. The van der Waals surface area contributed by atoms with Crippen molar-refractivity contribution in [2.75, 3.05) is 23.7 Å². The second-order valence-electron chi connectivity index (χ2n) is 5.21. The predicted octanol–water partition coefficient (Wildman–Crippen LogP) is 4.02. The Balaban J connectivity index is 2.69. The maximum atomic E-state index is 4.58. The Morgan fingerprint density at radius 3 is 2.11 bits per heavy atom. The van der Waals surface area contributed by atoms with Crippen molar-refractivity contribution in [1.82, 2.24) is 9.97 Å². The summed E-state index contributed by atoms with van der Waals surface area (Å²) in [6.07, 6.45) is 4.79. The first-order valence-corrected chi connectivity index (χ1v) is 7.54. The molecule has 0 spiro atoms. The van der Waals surface area contributed by atoms with Crippen molar-refractivity contribution in [2.24, 2.45) is 0 Å². The first-order valence-electron chi connectivity index (χ1n) is 7.54. The summed E-state index contributed by atoms with van der Waals surface area (Å²) >= 11 is 0. The van der Waals surface area contributed by atoms with Crippen LogP contribution in [-0.4, -0.2) is 23.1 Å². The molecule has 19 heavy (non-hydrogen) atoms. The third-order valence-electron chi connectivity index (χ3n) is 2.90. The molecule has 1 heterocycles. The summed E-state index contributed by atoms with van der Waals surface area (Å²) in [5.74, 6) is 3.12. The molecule has 0 fully saturated rings. The lowest BCUT2D eigenvalue weighted by atomic mass is 10.2. The van der Waals surface area contributed by atoms with E-state index in [4.69, 9.17) is 0 Å². The van der Waals surface area contributed by atoms with Gasteiger partial charge in [-0.3, -0.25) is 0 Å². The minimum atomic E-state index is 0.347. The summed E-state index contributed by atoms with van der Waals surface area (Å²) in [4.78, 5) is 9.13. The van der Waals surface area contributed by atoms with E-state index < -0.39 is 0 Å². The van der Waals surface area contributed by atoms with Crippen molar-refractivity contribution < 1.29 is 0 Å². The Hall–Kier alpha value is -1.32. The van der Waals surface area contributed by atoms with E-state index in [1.54, 1.807) is 0 Å². The molecule has 0 unspecified atom stereocenters. The molecule has 108 valence electrons. The molecule has 0 bridgehead atoms. The number of unbranched alkanes of at least 4 members (excludes halogenated alkanes) is 2. The molecule has 0 aliphatic heterocycles. The zero-order valence-corrected chi connectivity index (χ0v) is 12.8. The van der Waals surface area contributed by atoms with Gasteiger partial charge in [-0.25, -0.2) is 9.97 Å². The Morgan fingerprint density at radius 1 is 0.947 bits per heavy atom. The second kappa shape index (κ2) is 8.73. The zero-order chi connectivity index (χ0) is 14.1.